The molecule has 0 spiro atoms. The molecule has 6 nitrogen and oxygen atoms in total. The minimum atomic E-state index is -1.32. The average molecular weight is 344 g/mol. The van der Waals surface area contributed by atoms with E-state index >= 15 is 0 Å². The third-order valence-electron chi connectivity index (χ3n) is 3.44. The molecule has 3 N–H and O–H groups in total. The van der Waals surface area contributed by atoms with Gasteiger partial charge in [-0.2, -0.15) is 0 Å². The lowest BCUT2D eigenvalue weighted by Gasteiger charge is -2.12. The predicted molar refractivity (Wildman–Crippen MR) is 89.6 cm³/mol. The Labute approximate surface area is 143 Å². The molecule has 130 valence electrons. The Balaban J connectivity index is 1.96. The molecular formula is C18H17FN2O4. The highest BCUT2D eigenvalue weighted by atomic mass is 19.1. The van der Waals surface area contributed by atoms with Gasteiger partial charge in [0.15, 0.2) is 0 Å². The summed E-state index contributed by atoms with van der Waals surface area (Å²) in [5, 5.41) is 18.5. The van der Waals surface area contributed by atoms with E-state index in [0.717, 1.165) is 5.56 Å². The summed E-state index contributed by atoms with van der Waals surface area (Å²) in [6.07, 6.45) is -1.32. The summed E-state index contributed by atoms with van der Waals surface area (Å²) in [5.74, 6) is -0.407. The van der Waals surface area contributed by atoms with Crippen LogP contribution in [-0.4, -0.2) is 28.7 Å². The molecule has 0 unspecified atom stereocenters. The molecule has 1 amide bonds. The van der Waals surface area contributed by atoms with Crippen LogP contribution in [0.25, 0.3) is 0 Å². The fraction of sp³-hybridized carbons (Fsp3) is 0.167. The monoisotopic (exact) mass is 344 g/mol. The standard InChI is InChI=1S/C18H17FN2O4/c1-11(21-18(23)24)17(22)16(20)13-4-8-15(9-5-13)25-10-12-2-6-14(19)7-3-12/h2-9,11,20-21H,10H2,1H3,(H,23,24)/t11-/m0/s1. The van der Waals surface area contributed by atoms with E-state index in [4.69, 9.17) is 15.3 Å². The van der Waals surface area contributed by atoms with Crippen molar-refractivity contribution in [2.75, 3.05) is 0 Å². The fourth-order valence-electron chi connectivity index (χ4n) is 2.07. The van der Waals surface area contributed by atoms with Gasteiger partial charge in [-0.05, 0) is 48.9 Å². The van der Waals surface area contributed by atoms with E-state index in [1.165, 1.54) is 19.1 Å². The SMILES string of the molecule is C[C@H](NC(=O)O)C(=O)C(=N)c1ccc(OCc2ccc(F)cc2)cc1. The van der Waals surface area contributed by atoms with Crippen LogP contribution in [0.1, 0.15) is 18.1 Å². The van der Waals surface area contributed by atoms with Crippen LogP contribution in [0.2, 0.25) is 0 Å². The second-order valence-electron chi connectivity index (χ2n) is 5.35. The van der Waals surface area contributed by atoms with Crippen molar-refractivity contribution in [3.05, 3.63) is 65.5 Å². The van der Waals surface area contributed by atoms with Crippen molar-refractivity contribution in [3.63, 3.8) is 0 Å². The third-order valence-corrected chi connectivity index (χ3v) is 3.44. The molecule has 0 aliphatic carbocycles. The van der Waals surface area contributed by atoms with Crippen molar-refractivity contribution < 1.29 is 23.8 Å². The number of hydrogen-bond acceptors (Lipinski definition) is 4. The van der Waals surface area contributed by atoms with Gasteiger partial charge in [-0.3, -0.25) is 10.2 Å². The molecule has 0 aliphatic heterocycles. The first-order chi connectivity index (χ1) is 11.9. The predicted octanol–water partition coefficient (Wildman–Crippen LogP) is 3.00. The Morgan fingerprint density at radius 1 is 1.16 bits per heavy atom. The average Bonchev–Trinajstić information content (AvgIpc) is 2.60. The first-order valence-corrected chi connectivity index (χ1v) is 7.46. The van der Waals surface area contributed by atoms with Crippen LogP contribution in [0, 0.1) is 11.2 Å². The Hall–Kier alpha value is -3.22. The molecule has 0 fully saturated rings. The maximum Gasteiger partial charge on any atom is 0.405 e. The van der Waals surface area contributed by atoms with Crippen LogP contribution in [0.4, 0.5) is 9.18 Å². The molecule has 2 rings (SSSR count). The zero-order chi connectivity index (χ0) is 18.4. The summed E-state index contributed by atoms with van der Waals surface area (Å²) in [5.41, 5.74) is 0.881. The second kappa shape index (κ2) is 8.05. The van der Waals surface area contributed by atoms with Crippen molar-refractivity contribution in [2.45, 2.75) is 19.6 Å². The number of halogens is 1. The summed E-state index contributed by atoms with van der Waals surface area (Å²) >= 11 is 0. The maximum atomic E-state index is 12.8. The Morgan fingerprint density at radius 2 is 1.76 bits per heavy atom. The lowest BCUT2D eigenvalue weighted by atomic mass is 10.0. The quantitative estimate of drug-likeness (QED) is 0.672. The van der Waals surface area contributed by atoms with Crippen LogP contribution >= 0.6 is 0 Å². The summed E-state index contributed by atoms with van der Waals surface area (Å²) in [6, 6.07) is 11.2. The van der Waals surface area contributed by atoms with Crippen LogP contribution < -0.4 is 10.1 Å². The minimum Gasteiger partial charge on any atom is -0.489 e. The smallest absolute Gasteiger partial charge is 0.405 e. The van der Waals surface area contributed by atoms with E-state index in [1.54, 1.807) is 36.4 Å². The van der Waals surface area contributed by atoms with Gasteiger partial charge in [-0.25, -0.2) is 9.18 Å². The molecule has 0 saturated carbocycles. The number of carbonyl (C=O) groups excluding carboxylic acids is 1. The van der Waals surface area contributed by atoms with Crippen molar-refractivity contribution in [1.82, 2.24) is 5.32 Å². The number of hydrogen-bond donors (Lipinski definition) is 3. The third kappa shape index (κ3) is 5.13. The van der Waals surface area contributed by atoms with E-state index in [0.29, 0.717) is 11.3 Å². The van der Waals surface area contributed by atoms with Crippen LogP contribution in [0.3, 0.4) is 0 Å². The summed E-state index contributed by atoms with van der Waals surface area (Å²) < 4.78 is 18.4. The molecule has 0 heterocycles. The van der Waals surface area contributed by atoms with Crippen LogP contribution in [-0.2, 0) is 11.4 Å². The van der Waals surface area contributed by atoms with Gasteiger partial charge in [0.1, 0.15) is 23.9 Å². The zero-order valence-corrected chi connectivity index (χ0v) is 13.5. The van der Waals surface area contributed by atoms with Gasteiger partial charge >= 0.3 is 6.09 Å². The summed E-state index contributed by atoms with van der Waals surface area (Å²) in [4.78, 5) is 22.5. The van der Waals surface area contributed by atoms with E-state index in [9.17, 15) is 14.0 Å². The molecule has 0 saturated heterocycles. The molecule has 0 bridgehead atoms. The van der Waals surface area contributed by atoms with E-state index in [2.05, 4.69) is 0 Å². The van der Waals surface area contributed by atoms with Crippen molar-refractivity contribution in [2.24, 2.45) is 0 Å². The second-order valence-corrected chi connectivity index (χ2v) is 5.35. The van der Waals surface area contributed by atoms with Crippen LogP contribution in [0.15, 0.2) is 48.5 Å². The summed E-state index contributed by atoms with van der Waals surface area (Å²) in [7, 11) is 0. The number of ether oxygens (including phenoxy) is 1. The summed E-state index contributed by atoms with van der Waals surface area (Å²) in [6.45, 7) is 1.64. The molecule has 25 heavy (non-hydrogen) atoms. The molecule has 2 aromatic rings. The number of carboxylic acid groups (broad SMARTS) is 1. The number of amides is 1. The maximum absolute atomic E-state index is 12.8. The number of nitrogens with one attached hydrogen (secondary N) is 2. The Kier molecular flexibility index (Phi) is 5.84. The number of Topliss-reactive ketones (excluding diaryl/α,β-unsaturated/α-hetero) is 1. The van der Waals surface area contributed by atoms with Crippen molar-refractivity contribution in [1.29, 1.82) is 5.41 Å². The normalized spacial score (nSPS) is 11.4. The van der Waals surface area contributed by atoms with E-state index < -0.39 is 17.9 Å². The van der Waals surface area contributed by atoms with Crippen LogP contribution in [0.5, 0.6) is 5.75 Å². The molecular weight excluding hydrogens is 327 g/mol. The van der Waals surface area contributed by atoms with Crippen molar-refractivity contribution >= 4 is 17.6 Å². The van der Waals surface area contributed by atoms with Gasteiger partial charge < -0.3 is 15.2 Å². The molecule has 1 atom stereocenters. The molecule has 2 aromatic carbocycles. The van der Waals surface area contributed by atoms with Gasteiger partial charge in [-0.15, -0.1) is 0 Å². The first kappa shape index (κ1) is 18.1. The zero-order valence-electron chi connectivity index (χ0n) is 13.5. The number of carbonyl (C=O) groups is 2. The highest BCUT2D eigenvalue weighted by molar-refractivity contribution is 6.46. The number of rotatable bonds is 7. The Morgan fingerprint density at radius 3 is 2.32 bits per heavy atom. The van der Waals surface area contributed by atoms with E-state index in [-0.39, 0.29) is 18.1 Å². The Bertz CT molecular complexity index is 773. The molecule has 7 heteroatoms. The van der Waals surface area contributed by atoms with Gasteiger partial charge in [0.2, 0.25) is 5.78 Å². The van der Waals surface area contributed by atoms with E-state index in [1.807, 2.05) is 5.32 Å². The highest BCUT2D eigenvalue weighted by Gasteiger charge is 2.20. The fourth-order valence-corrected chi connectivity index (χ4v) is 2.07. The molecule has 0 radical (unpaired) electrons. The van der Waals surface area contributed by atoms with Gasteiger partial charge in [-0.1, -0.05) is 12.1 Å². The first-order valence-electron chi connectivity index (χ1n) is 7.46. The topological polar surface area (TPSA) is 99.5 Å². The van der Waals surface area contributed by atoms with Crippen molar-refractivity contribution in [3.8, 4) is 5.75 Å². The van der Waals surface area contributed by atoms with Gasteiger partial charge in [0, 0.05) is 5.56 Å². The molecule has 0 aliphatic rings. The largest absolute Gasteiger partial charge is 0.489 e. The van der Waals surface area contributed by atoms with Gasteiger partial charge in [0.05, 0.1) is 6.04 Å². The minimum absolute atomic E-state index is 0.259. The number of ketones is 1. The number of benzene rings is 2. The lowest BCUT2D eigenvalue weighted by Crippen LogP contribution is -2.41. The lowest BCUT2D eigenvalue weighted by molar-refractivity contribution is -0.114. The highest BCUT2D eigenvalue weighted by Crippen LogP contribution is 2.15. The van der Waals surface area contributed by atoms with Gasteiger partial charge in [0.25, 0.3) is 0 Å². The molecule has 0 aromatic heterocycles.